The first-order chi connectivity index (χ1) is 50.6. The van der Waals surface area contributed by atoms with Gasteiger partial charge in [-0.25, -0.2) is 29.9 Å². The van der Waals surface area contributed by atoms with Gasteiger partial charge in [-0.05, 0) is 125 Å². The van der Waals surface area contributed by atoms with Gasteiger partial charge in [0.2, 0.25) is 0 Å². The second-order valence-electron chi connectivity index (χ2n) is 25.5. The molecule has 19 rings (SSSR count). The Balaban J connectivity index is 0.725. The molecule has 0 unspecified atom stereocenters. The molecule has 4 aromatic heterocycles. The normalized spacial score (nSPS) is 11.5. The van der Waals surface area contributed by atoms with E-state index in [4.69, 9.17) is 29.9 Å². The molecule has 0 amide bonds. The van der Waals surface area contributed by atoms with Gasteiger partial charge in [-0.3, -0.25) is 0 Å². The largest absolute Gasteiger partial charge is 0.208 e. The maximum atomic E-state index is 5.45. The lowest BCUT2D eigenvalue weighted by Crippen LogP contribution is -2.00. The monoisotopic (exact) mass is 1330 g/mol. The highest BCUT2D eigenvalue weighted by Gasteiger charge is 2.23. The molecule has 15 aromatic carbocycles. The van der Waals surface area contributed by atoms with Crippen molar-refractivity contribution in [3.05, 3.63) is 352 Å². The third-order valence-electron chi connectivity index (χ3n) is 19.5. The molecule has 0 bridgehead atoms. The van der Waals surface area contributed by atoms with Crippen LogP contribution < -0.4 is 0 Å². The maximum absolute atomic E-state index is 5.45. The highest BCUT2D eigenvalue weighted by Crippen LogP contribution is 2.48. The lowest BCUT2D eigenvalue weighted by molar-refractivity contribution is 1.08. The molecular formula is C94H58N6S2. The van der Waals surface area contributed by atoms with Crippen molar-refractivity contribution in [1.82, 2.24) is 29.9 Å². The lowest BCUT2D eigenvalue weighted by atomic mass is 9.87. The fourth-order valence-electron chi connectivity index (χ4n) is 14.6. The van der Waals surface area contributed by atoms with Gasteiger partial charge in [-0.1, -0.05) is 315 Å². The number of fused-ring (bicyclic) bond motifs is 7. The standard InChI is InChI=1S/C94H58N6S2/c1-5-26-59(27-6-1)68-38-13-16-41-73(68)74-42-17-14-39-69(74)63-34-21-36-66(56-63)92-96-90(62-32-11-4-12-33-62)98-94(100-92)83-50-25-48-81-80-47-23-45-72(86(80)102-88(81)83)65-52-53-76-71(60-28-7-2-8-29-60)54-55-77(84(76)58-65)75-43-18-15-40-70(75)64-35-22-37-67(57-64)91-95-89(61-30-9-3-10-31-61)97-93(99-91)82-49-24-46-79-78-44-19-20-51-85(78)101-87(79)82/h1-58H. The van der Waals surface area contributed by atoms with Crippen LogP contribution in [-0.4, -0.2) is 29.9 Å². The van der Waals surface area contributed by atoms with Crippen LogP contribution in [0.3, 0.4) is 0 Å². The zero-order valence-electron chi connectivity index (χ0n) is 55.0. The molecular weight excluding hydrogens is 1280 g/mol. The zero-order valence-corrected chi connectivity index (χ0v) is 56.6. The van der Waals surface area contributed by atoms with Gasteiger partial charge in [0, 0.05) is 73.7 Å². The molecule has 4 heterocycles. The zero-order chi connectivity index (χ0) is 67.5. The third-order valence-corrected chi connectivity index (χ3v) is 22.0. The summed E-state index contributed by atoms with van der Waals surface area (Å²) < 4.78 is 4.68. The summed E-state index contributed by atoms with van der Waals surface area (Å²) in [6.07, 6.45) is 0. The molecule has 0 aliphatic carbocycles. The lowest BCUT2D eigenvalue weighted by Gasteiger charge is -2.17. The van der Waals surface area contributed by atoms with Crippen LogP contribution in [0.5, 0.6) is 0 Å². The van der Waals surface area contributed by atoms with Gasteiger partial charge in [-0.15, -0.1) is 22.7 Å². The molecule has 0 fully saturated rings. The topological polar surface area (TPSA) is 77.3 Å². The van der Waals surface area contributed by atoms with Crippen molar-refractivity contribution in [3.63, 3.8) is 0 Å². The van der Waals surface area contributed by atoms with Gasteiger partial charge in [0.1, 0.15) is 0 Å². The molecule has 0 aliphatic rings. The number of hydrogen-bond donors (Lipinski definition) is 0. The van der Waals surface area contributed by atoms with Crippen molar-refractivity contribution in [3.8, 4) is 146 Å². The molecule has 476 valence electrons. The van der Waals surface area contributed by atoms with E-state index < -0.39 is 0 Å². The van der Waals surface area contributed by atoms with Gasteiger partial charge in [0.15, 0.2) is 34.9 Å². The van der Waals surface area contributed by atoms with Crippen molar-refractivity contribution in [2.75, 3.05) is 0 Å². The van der Waals surface area contributed by atoms with E-state index in [0.29, 0.717) is 34.9 Å². The Labute approximate surface area is 597 Å². The average molecular weight is 1340 g/mol. The quantitative estimate of drug-likeness (QED) is 0.114. The van der Waals surface area contributed by atoms with Crippen molar-refractivity contribution in [1.29, 1.82) is 0 Å². The minimum Gasteiger partial charge on any atom is -0.208 e. The number of aromatic nitrogens is 6. The molecule has 0 spiro atoms. The number of rotatable bonds is 13. The van der Waals surface area contributed by atoms with Gasteiger partial charge < -0.3 is 0 Å². The Hall–Kier alpha value is -13.0. The summed E-state index contributed by atoms with van der Waals surface area (Å²) in [4.78, 5) is 31.9. The fraction of sp³-hybridized carbons (Fsp3) is 0. The Morgan fingerprint density at radius 1 is 0.147 bits per heavy atom. The van der Waals surface area contributed by atoms with Crippen LogP contribution in [0.1, 0.15) is 0 Å². The molecule has 0 aliphatic heterocycles. The highest BCUT2D eigenvalue weighted by molar-refractivity contribution is 7.27. The van der Waals surface area contributed by atoms with Crippen molar-refractivity contribution >= 4 is 73.8 Å². The van der Waals surface area contributed by atoms with E-state index in [1.807, 2.05) is 36.4 Å². The van der Waals surface area contributed by atoms with E-state index in [9.17, 15) is 0 Å². The molecule has 19 aromatic rings. The highest BCUT2D eigenvalue weighted by atomic mass is 32.1. The SMILES string of the molecule is c1ccc(-c2nc(-c3cccc(-c4ccccc4-c4ccc(-c5ccccc5)c5ccc(-c6cccc7c6sc6c(-c8nc(-c9ccccc9)nc(-c9cccc(-c%10ccccc%10-c%10ccccc%10-c%10ccccc%10)c9)n8)cccc67)cc45)c3)nc(-c3cccc4c3sc3ccccc34)n2)cc1. The van der Waals surface area contributed by atoms with E-state index in [0.717, 1.165) is 109 Å². The van der Waals surface area contributed by atoms with Gasteiger partial charge in [-0.2, -0.15) is 0 Å². The summed E-state index contributed by atoms with van der Waals surface area (Å²) in [7, 11) is 0. The predicted octanol–water partition coefficient (Wildman–Crippen LogP) is 25.6. The Bertz CT molecular complexity index is 6450. The van der Waals surface area contributed by atoms with Crippen LogP contribution in [0.15, 0.2) is 352 Å². The first-order valence-electron chi connectivity index (χ1n) is 34.2. The first-order valence-corrected chi connectivity index (χ1v) is 35.9. The molecule has 0 radical (unpaired) electrons. The minimum atomic E-state index is 0.601. The van der Waals surface area contributed by atoms with E-state index in [2.05, 4.69) is 315 Å². The number of thiophene rings is 2. The van der Waals surface area contributed by atoms with Crippen LogP contribution in [0, 0.1) is 0 Å². The molecule has 8 heteroatoms. The van der Waals surface area contributed by atoms with Crippen molar-refractivity contribution < 1.29 is 0 Å². The van der Waals surface area contributed by atoms with E-state index in [1.54, 1.807) is 22.7 Å². The first kappa shape index (κ1) is 60.2. The average Bonchev–Trinajstić information content (AvgIpc) is 1.42. The number of nitrogens with zero attached hydrogens (tertiary/aromatic N) is 6. The third kappa shape index (κ3) is 10.9. The molecule has 102 heavy (non-hydrogen) atoms. The smallest absolute Gasteiger partial charge is 0.165 e. The predicted molar refractivity (Wildman–Crippen MR) is 427 cm³/mol. The van der Waals surface area contributed by atoms with Crippen molar-refractivity contribution in [2.24, 2.45) is 0 Å². The van der Waals surface area contributed by atoms with Crippen molar-refractivity contribution in [2.45, 2.75) is 0 Å². The Morgan fingerprint density at radius 2 is 0.471 bits per heavy atom. The van der Waals surface area contributed by atoms with Crippen LogP contribution in [-0.2, 0) is 0 Å². The fourth-order valence-corrected chi connectivity index (χ4v) is 17.2. The molecule has 0 atom stereocenters. The molecule has 0 N–H and O–H groups in total. The summed E-state index contributed by atoms with van der Waals surface area (Å²) >= 11 is 3.58. The number of hydrogen-bond acceptors (Lipinski definition) is 8. The van der Waals surface area contributed by atoms with Gasteiger partial charge in [0.25, 0.3) is 0 Å². The summed E-state index contributed by atoms with van der Waals surface area (Å²) in [5, 5.41) is 7.07. The van der Waals surface area contributed by atoms with Crippen LogP contribution in [0.4, 0.5) is 0 Å². The summed E-state index contributed by atoms with van der Waals surface area (Å²) in [6.45, 7) is 0. The second-order valence-corrected chi connectivity index (χ2v) is 27.6. The second kappa shape index (κ2) is 25.7. The van der Waals surface area contributed by atoms with Crippen LogP contribution >= 0.6 is 22.7 Å². The van der Waals surface area contributed by atoms with E-state index >= 15 is 0 Å². The van der Waals surface area contributed by atoms with Crippen LogP contribution in [0.2, 0.25) is 0 Å². The summed E-state index contributed by atoms with van der Waals surface area (Å²) in [6, 6.07) is 125. The van der Waals surface area contributed by atoms with E-state index in [-0.39, 0.29) is 0 Å². The maximum Gasteiger partial charge on any atom is 0.165 e. The molecule has 0 saturated heterocycles. The van der Waals surface area contributed by atoms with Gasteiger partial charge >= 0.3 is 0 Å². The van der Waals surface area contributed by atoms with E-state index in [1.165, 1.54) is 53.2 Å². The minimum absolute atomic E-state index is 0.601. The Morgan fingerprint density at radius 3 is 1.00 bits per heavy atom. The summed E-state index contributed by atoms with van der Waals surface area (Å²) in [5.74, 6) is 3.70. The molecule has 0 saturated carbocycles. The van der Waals surface area contributed by atoms with Gasteiger partial charge in [0.05, 0.1) is 0 Å². The number of benzene rings is 15. The molecule has 6 nitrogen and oxygen atoms in total. The van der Waals surface area contributed by atoms with Crippen LogP contribution in [0.25, 0.3) is 197 Å². The summed E-state index contributed by atoms with van der Waals surface area (Å²) in [5.41, 5.74) is 21.5. The Kier molecular flexibility index (Phi) is 15.2.